The number of benzene rings is 1. The number of rotatable bonds is 5. The fourth-order valence-corrected chi connectivity index (χ4v) is 2.17. The second-order valence-electron chi connectivity index (χ2n) is 4.13. The molecule has 0 radical (unpaired) electrons. The summed E-state index contributed by atoms with van der Waals surface area (Å²) in [5.41, 5.74) is 0.893. The fraction of sp³-hybridized carbons (Fsp3) is 0.308. The largest absolute Gasteiger partial charge is 0.506 e. The van der Waals surface area contributed by atoms with Crippen LogP contribution in [0.5, 0.6) is 5.75 Å². The molecule has 4 nitrogen and oxygen atoms in total. The molecule has 1 aromatic carbocycles. The highest BCUT2D eigenvalue weighted by atomic mass is 79.9. The van der Waals surface area contributed by atoms with E-state index in [-0.39, 0.29) is 0 Å². The second kappa shape index (κ2) is 6.02. The van der Waals surface area contributed by atoms with Gasteiger partial charge in [0.1, 0.15) is 11.6 Å². The number of imidazole rings is 1. The summed E-state index contributed by atoms with van der Waals surface area (Å²) in [6.45, 7) is 1.48. The van der Waals surface area contributed by atoms with E-state index in [9.17, 15) is 5.11 Å². The lowest BCUT2D eigenvalue weighted by atomic mass is 10.2. The van der Waals surface area contributed by atoms with E-state index >= 15 is 0 Å². The van der Waals surface area contributed by atoms with Crippen molar-refractivity contribution in [2.45, 2.75) is 13.0 Å². The number of hydrogen-bond acceptors (Lipinski definition) is 3. The van der Waals surface area contributed by atoms with Crippen LogP contribution in [0.25, 0.3) is 0 Å². The maximum absolute atomic E-state index is 9.82. The van der Waals surface area contributed by atoms with Crippen LogP contribution in [-0.2, 0) is 20.0 Å². The van der Waals surface area contributed by atoms with E-state index in [2.05, 4.69) is 26.2 Å². The van der Waals surface area contributed by atoms with E-state index in [1.165, 1.54) is 0 Å². The van der Waals surface area contributed by atoms with E-state index in [1.54, 1.807) is 6.20 Å². The van der Waals surface area contributed by atoms with Crippen molar-refractivity contribution < 1.29 is 5.11 Å². The van der Waals surface area contributed by atoms with Gasteiger partial charge in [0.05, 0.1) is 4.47 Å². The van der Waals surface area contributed by atoms with Crippen molar-refractivity contribution in [3.05, 3.63) is 46.5 Å². The van der Waals surface area contributed by atoms with E-state index < -0.39 is 0 Å². The van der Waals surface area contributed by atoms with Crippen molar-refractivity contribution >= 4 is 15.9 Å². The van der Waals surface area contributed by atoms with Gasteiger partial charge >= 0.3 is 0 Å². The minimum absolute atomic E-state index is 0.307. The summed E-state index contributed by atoms with van der Waals surface area (Å²) >= 11 is 3.30. The third-order valence-electron chi connectivity index (χ3n) is 2.83. The molecule has 1 heterocycles. The number of nitrogens with one attached hydrogen (secondary N) is 1. The quantitative estimate of drug-likeness (QED) is 0.833. The van der Waals surface area contributed by atoms with Crippen molar-refractivity contribution in [3.8, 4) is 5.75 Å². The smallest absolute Gasteiger partial charge is 0.134 e. The molecule has 0 unspecified atom stereocenters. The molecule has 0 aliphatic carbocycles. The van der Waals surface area contributed by atoms with E-state index in [4.69, 9.17) is 0 Å². The Morgan fingerprint density at radius 3 is 3.00 bits per heavy atom. The lowest BCUT2D eigenvalue weighted by molar-refractivity contribution is 0.461. The summed E-state index contributed by atoms with van der Waals surface area (Å²) in [4.78, 5) is 4.26. The number of phenols is 1. The van der Waals surface area contributed by atoms with Crippen LogP contribution in [0.3, 0.4) is 0 Å². The van der Waals surface area contributed by atoms with Crippen LogP contribution >= 0.6 is 15.9 Å². The van der Waals surface area contributed by atoms with Gasteiger partial charge in [-0.2, -0.15) is 0 Å². The molecular formula is C13H16BrN3O. The molecule has 18 heavy (non-hydrogen) atoms. The number of para-hydroxylation sites is 1. The molecule has 0 amide bonds. The molecule has 0 saturated carbocycles. The predicted octanol–water partition coefficient (Wildman–Crippen LogP) is 2.22. The van der Waals surface area contributed by atoms with Crippen LogP contribution < -0.4 is 5.32 Å². The van der Waals surface area contributed by atoms with Crippen LogP contribution in [0.1, 0.15) is 11.4 Å². The average molecular weight is 310 g/mol. The number of hydrogen-bond donors (Lipinski definition) is 2. The van der Waals surface area contributed by atoms with Crippen LogP contribution in [-0.4, -0.2) is 21.2 Å². The molecular weight excluding hydrogens is 294 g/mol. The molecule has 1 aromatic heterocycles. The van der Waals surface area contributed by atoms with E-state index in [0.717, 1.165) is 28.8 Å². The molecule has 2 N–H and O–H groups in total. The van der Waals surface area contributed by atoms with Gasteiger partial charge in [0.15, 0.2) is 0 Å². The zero-order chi connectivity index (χ0) is 13.0. The van der Waals surface area contributed by atoms with Crippen molar-refractivity contribution in [1.29, 1.82) is 0 Å². The Kier molecular flexibility index (Phi) is 4.38. The molecule has 2 rings (SSSR count). The first-order chi connectivity index (χ1) is 8.68. The Bertz CT molecular complexity index is 525. The van der Waals surface area contributed by atoms with Crippen LogP contribution in [0, 0.1) is 0 Å². The molecule has 0 fully saturated rings. The van der Waals surface area contributed by atoms with E-state index in [0.29, 0.717) is 12.3 Å². The summed E-state index contributed by atoms with van der Waals surface area (Å²) in [6, 6.07) is 5.65. The summed E-state index contributed by atoms with van der Waals surface area (Å²) in [5, 5.41) is 13.1. The molecule has 2 aromatic rings. The Balaban J connectivity index is 1.82. The Labute approximate surface area is 115 Å². The number of halogens is 1. The maximum atomic E-state index is 9.82. The lowest BCUT2D eigenvalue weighted by Gasteiger charge is -2.08. The van der Waals surface area contributed by atoms with Crippen LogP contribution in [0.4, 0.5) is 0 Å². The molecule has 0 bridgehead atoms. The second-order valence-corrected chi connectivity index (χ2v) is 4.98. The fourth-order valence-electron chi connectivity index (χ4n) is 1.76. The highest BCUT2D eigenvalue weighted by Gasteiger charge is 2.04. The highest BCUT2D eigenvalue weighted by molar-refractivity contribution is 9.10. The van der Waals surface area contributed by atoms with Gasteiger partial charge in [0, 0.05) is 44.5 Å². The van der Waals surface area contributed by atoms with Gasteiger partial charge in [0.25, 0.3) is 0 Å². The minimum Gasteiger partial charge on any atom is -0.506 e. The SMILES string of the molecule is Cn1ccnc1CCNCc1cccc(Br)c1O. The molecule has 0 spiro atoms. The topological polar surface area (TPSA) is 50.1 Å². The molecule has 0 saturated heterocycles. The Morgan fingerprint density at radius 2 is 2.28 bits per heavy atom. The highest BCUT2D eigenvalue weighted by Crippen LogP contribution is 2.27. The number of aromatic nitrogens is 2. The third-order valence-corrected chi connectivity index (χ3v) is 3.47. The van der Waals surface area contributed by atoms with Crippen molar-refractivity contribution in [1.82, 2.24) is 14.9 Å². The first-order valence-electron chi connectivity index (χ1n) is 5.81. The van der Waals surface area contributed by atoms with Crippen molar-refractivity contribution in [2.75, 3.05) is 6.54 Å². The first kappa shape index (κ1) is 13.1. The number of aryl methyl sites for hydroxylation is 1. The Hall–Kier alpha value is -1.33. The van der Waals surface area contributed by atoms with E-state index in [1.807, 2.05) is 36.0 Å². The van der Waals surface area contributed by atoms with Gasteiger partial charge in [-0.1, -0.05) is 12.1 Å². The van der Waals surface area contributed by atoms with Crippen LogP contribution in [0.15, 0.2) is 35.1 Å². The third kappa shape index (κ3) is 3.11. The average Bonchev–Trinajstić information content (AvgIpc) is 2.76. The summed E-state index contributed by atoms with van der Waals surface area (Å²) in [7, 11) is 1.99. The summed E-state index contributed by atoms with van der Waals surface area (Å²) < 4.78 is 2.74. The standard InChI is InChI=1S/C13H16BrN3O/c1-17-8-7-16-12(17)5-6-15-9-10-3-2-4-11(14)13(10)18/h2-4,7-8,15,18H,5-6,9H2,1H3. The van der Waals surface area contributed by atoms with Crippen LogP contribution in [0.2, 0.25) is 0 Å². The maximum Gasteiger partial charge on any atom is 0.134 e. The zero-order valence-corrected chi connectivity index (χ0v) is 11.8. The van der Waals surface area contributed by atoms with Crippen molar-refractivity contribution in [3.63, 3.8) is 0 Å². The summed E-state index contributed by atoms with van der Waals surface area (Å²) in [5.74, 6) is 1.36. The number of aromatic hydroxyl groups is 1. The van der Waals surface area contributed by atoms with Gasteiger partial charge < -0.3 is 15.0 Å². The molecule has 5 heteroatoms. The van der Waals surface area contributed by atoms with Gasteiger partial charge in [-0.15, -0.1) is 0 Å². The predicted molar refractivity (Wildman–Crippen MR) is 74.4 cm³/mol. The monoisotopic (exact) mass is 309 g/mol. The summed E-state index contributed by atoms with van der Waals surface area (Å²) in [6.07, 6.45) is 4.61. The number of phenolic OH excluding ortho intramolecular Hbond substituents is 1. The minimum atomic E-state index is 0.307. The zero-order valence-electron chi connectivity index (χ0n) is 10.2. The first-order valence-corrected chi connectivity index (χ1v) is 6.61. The van der Waals surface area contributed by atoms with Gasteiger partial charge in [-0.25, -0.2) is 4.98 Å². The molecule has 0 atom stereocenters. The van der Waals surface area contributed by atoms with Gasteiger partial charge in [-0.05, 0) is 22.0 Å². The molecule has 0 aliphatic rings. The Morgan fingerprint density at radius 1 is 1.44 bits per heavy atom. The lowest BCUT2D eigenvalue weighted by Crippen LogP contribution is -2.18. The molecule has 96 valence electrons. The van der Waals surface area contributed by atoms with Gasteiger partial charge in [-0.3, -0.25) is 0 Å². The van der Waals surface area contributed by atoms with Gasteiger partial charge in [0.2, 0.25) is 0 Å². The molecule has 0 aliphatic heterocycles. The number of nitrogens with zero attached hydrogens (tertiary/aromatic N) is 2. The van der Waals surface area contributed by atoms with Crippen molar-refractivity contribution in [2.24, 2.45) is 7.05 Å². The normalized spacial score (nSPS) is 10.8.